The highest BCUT2D eigenvalue weighted by molar-refractivity contribution is 9.10. The molecule has 0 spiro atoms. The Morgan fingerprint density at radius 1 is 1.13 bits per heavy atom. The maximum Gasteiger partial charge on any atom is 0.137 e. The molecular weight excluding hydrogens is 468 g/mol. The van der Waals surface area contributed by atoms with Crippen LogP contribution < -0.4 is 0 Å². The fourth-order valence-electron chi connectivity index (χ4n) is 3.69. The van der Waals surface area contributed by atoms with Gasteiger partial charge in [-0.1, -0.05) is 34.1 Å². The van der Waals surface area contributed by atoms with Crippen molar-refractivity contribution < 1.29 is 13.9 Å². The molecule has 0 bridgehead atoms. The topological polar surface area (TPSA) is 68.8 Å². The van der Waals surface area contributed by atoms with Crippen molar-refractivity contribution in [1.82, 2.24) is 24.5 Å². The summed E-state index contributed by atoms with van der Waals surface area (Å²) in [5.74, 6) is -1.56. The van der Waals surface area contributed by atoms with E-state index in [1.165, 1.54) is 23.4 Å². The molecule has 160 valence electrons. The predicted molar refractivity (Wildman–Crippen MR) is 115 cm³/mol. The summed E-state index contributed by atoms with van der Waals surface area (Å²) in [7, 11) is 0. The van der Waals surface area contributed by atoms with Crippen LogP contribution in [0.4, 0.5) is 8.78 Å². The zero-order valence-corrected chi connectivity index (χ0v) is 18.5. The normalized spacial score (nSPS) is 14.4. The summed E-state index contributed by atoms with van der Waals surface area (Å²) >= 11 is 3.42. The number of benzene rings is 2. The van der Waals surface area contributed by atoms with E-state index in [-0.39, 0.29) is 12.1 Å². The second kappa shape index (κ2) is 8.32. The molecule has 0 radical (unpaired) electrons. The van der Waals surface area contributed by atoms with Crippen molar-refractivity contribution in [3.05, 3.63) is 88.6 Å². The molecule has 6 nitrogen and oxygen atoms in total. The van der Waals surface area contributed by atoms with Gasteiger partial charge in [0.05, 0.1) is 18.3 Å². The van der Waals surface area contributed by atoms with Crippen LogP contribution in [0.3, 0.4) is 0 Å². The molecule has 2 aromatic carbocycles. The molecule has 0 saturated heterocycles. The van der Waals surface area contributed by atoms with Crippen LogP contribution in [-0.2, 0) is 12.1 Å². The highest BCUT2D eigenvalue weighted by Gasteiger charge is 2.41. The molecule has 2 aromatic heterocycles. The van der Waals surface area contributed by atoms with Crippen molar-refractivity contribution in [1.29, 1.82) is 0 Å². The molecular formula is C22H20BrF2N5O. The van der Waals surface area contributed by atoms with Gasteiger partial charge in [-0.15, -0.1) is 0 Å². The number of aromatic nitrogens is 5. The lowest BCUT2D eigenvalue weighted by Crippen LogP contribution is -2.41. The van der Waals surface area contributed by atoms with Crippen molar-refractivity contribution >= 4 is 15.9 Å². The van der Waals surface area contributed by atoms with Gasteiger partial charge in [-0.3, -0.25) is 4.68 Å². The predicted octanol–water partition coefficient (Wildman–Crippen LogP) is 4.64. The van der Waals surface area contributed by atoms with Gasteiger partial charge in [-0.2, -0.15) is 10.2 Å². The Hall–Kier alpha value is -2.91. The number of aryl methyl sites for hydroxylation is 1. The summed E-state index contributed by atoms with van der Waals surface area (Å²) in [4.78, 5) is 3.90. The average molecular weight is 488 g/mol. The second-order valence-electron chi connectivity index (χ2n) is 7.44. The van der Waals surface area contributed by atoms with E-state index in [1.54, 1.807) is 11.6 Å². The number of rotatable bonds is 6. The monoisotopic (exact) mass is 487 g/mol. The van der Waals surface area contributed by atoms with E-state index in [0.29, 0.717) is 0 Å². The molecule has 4 rings (SSSR count). The summed E-state index contributed by atoms with van der Waals surface area (Å²) in [5, 5.41) is 20.5. The van der Waals surface area contributed by atoms with Crippen molar-refractivity contribution in [3.8, 4) is 11.3 Å². The minimum atomic E-state index is -1.78. The van der Waals surface area contributed by atoms with Crippen LogP contribution in [0.1, 0.15) is 24.2 Å². The fourth-order valence-corrected chi connectivity index (χ4v) is 3.95. The largest absolute Gasteiger partial charge is 0.381 e. The molecule has 1 N–H and O–H groups in total. The first-order chi connectivity index (χ1) is 14.8. The molecule has 0 fully saturated rings. The molecule has 4 aromatic rings. The first kappa shape index (κ1) is 21.3. The molecule has 0 saturated carbocycles. The van der Waals surface area contributed by atoms with Gasteiger partial charge in [-0.05, 0) is 38.1 Å². The van der Waals surface area contributed by atoms with Crippen LogP contribution in [0.2, 0.25) is 0 Å². The van der Waals surface area contributed by atoms with Crippen molar-refractivity contribution in [2.75, 3.05) is 0 Å². The SMILES string of the molecule is Cc1cc(-c2ccc(Br)cc2)nn1[C@H](C)[C@](O)(Cn1cncn1)c1ccc(F)cc1F. The molecule has 0 amide bonds. The van der Waals surface area contributed by atoms with Crippen molar-refractivity contribution in [2.24, 2.45) is 0 Å². The van der Waals surface area contributed by atoms with E-state index in [4.69, 9.17) is 0 Å². The van der Waals surface area contributed by atoms with Crippen LogP contribution in [0, 0.1) is 18.6 Å². The van der Waals surface area contributed by atoms with Crippen molar-refractivity contribution in [2.45, 2.75) is 32.0 Å². The number of halogens is 3. The van der Waals surface area contributed by atoms with Gasteiger partial charge in [0.1, 0.15) is 29.9 Å². The summed E-state index contributed by atoms with van der Waals surface area (Å²) in [6.45, 7) is 3.51. The summed E-state index contributed by atoms with van der Waals surface area (Å²) in [6, 6.07) is 12.0. The average Bonchev–Trinajstić information content (AvgIpc) is 3.37. The van der Waals surface area contributed by atoms with Crippen molar-refractivity contribution in [3.63, 3.8) is 0 Å². The molecule has 0 unspecified atom stereocenters. The first-order valence-electron chi connectivity index (χ1n) is 9.60. The van der Waals surface area contributed by atoms with Gasteiger partial charge in [0.25, 0.3) is 0 Å². The molecule has 0 aliphatic carbocycles. The Morgan fingerprint density at radius 2 is 1.87 bits per heavy atom. The number of aliphatic hydroxyl groups is 1. The number of nitrogens with zero attached hydrogens (tertiary/aromatic N) is 5. The van der Waals surface area contributed by atoms with E-state index in [0.717, 1.165) is 33.6 Å². The summed E-state index contributed by atoms with van der Waals surface area (Å²) in [5.41, 5.74) is 0.589. The van der Waals surface area contributed by atoms with Crippen LogP contribution >= 0.6 is 15.9 Å². The molecule has 2 heterocycles. The van der Waals surface area contributed by atoms with Crippen LogP contribution in [-0.4, -0.2) is 29.7 Å². The fraction of sp³-hybridized carbons (Fsp3) is 0.227. The minimum Gasteiger partial charge on any atom is -0.381 e. The van der Waals surface area contributed by atoms with Gasteiger partial charge in [-0.25, -0.2) is 18.4 Å². The van der Waals surface area contributed by atoms with Gasteiger partial charge >= 0.3 is 0 Å². The molecule has 2 atom stereocenters. The Balaban J connectivity index is 1.79. The third-order valence-corrected chi connectivity index (χ3v) is 5.92. The van der Waals surface area contributed by atoms with Gasteiger partial charge in [0, 0.05) is 27.4 Å². The standard InChI is InChI=1S/C22H20BrF2N5O/c1-14-9-21(16-3-5-17(23)6-4-16)28-30(14)15(2)22(31,11-29-13-26-12-27-29)19-8-7-18(24)10-20(19)25/h3-10,12-13,15,31H,11H2,1-2H3/t15-,22-/m1/s1. The zero-order chi connectivity index (χ0) is 22.2. The van der Waals surface area contributed by atoms with E-state index in [2.05, 4.69) is 31.1 Å². The maximum absolute atomic E-state index is 14.8. The van der Waals surface area contributed by atoms with Crippen LogP contribution in [0.5, 0.6) is 0 Å². The first-order valence-corrected chi connectivity index (χ1v) is 10.4. The van der Waals surface area contributed by atoms with Crippen LogP contribution in [0.25, 0.3) is 11.3 Å². The highest BCUT2D eigenvalue weighted by Crippen LogP contribution is 2.37. The number of hydrogen-bond acceptors (Lipinski definition) is 4. The second-order valence-corrected chi connectivity index (χ2v) is 8.36. The quantitative estimate of drug-likeness (QED) is 0.430. The Bertz CT molecular complexity index is 1190. The number of hydrogen-bond donors (Lipinski definition) is 1. The smallest absolute Gasteiger partial charge is 0.137 e. The van der Waals surface area contributed by atoms with Gasteiger partial charge < -0.3 is 5.11 Å². The lowest BCUT2D eigenvalue weighted by atomic mass is 9.86. The Labute approximate surface area is 186 Å². The third-order valence-electron chi connectivity index (χ3n) is 5.39. The third kappa shape index (κ3) is 4.15. The summed E-state index contributed by atoms with van der Waals surface area (Å²) < 4.78 is 32.3. The van der Waals surface area contributed by atoms with Gasteiger partial charge in [0.2, 0.25) is 0 Å². The van der Waals surface area contributed by atoms with E-state index in [9.17, 15) is 13.9 Å². The Morgan fingerprint density at radius 3 is 2.52 bits per heavy atom. The lowest BCUT2D eigenvalue weighted by Gasteiger charge is -2.35. The maximum atomic E-state index is 14.8. The van der Waals surface area contributed by atoms with E-state index in [1.807, 2.05) is 37.3 Å². The lowest BCUT2D eigenvalue weighted by molar-refractivity contribution is -0.0374. The highest BCUT2D eigenvalue weighted by atomic mass is 79.9. The Kier molecular flexibility index (Phi) is 5.72. The summed E-state index contributed by atoms with van der Waals surface area (Å²) in [6.07, 6.45) is 2.76. The molecule has 0 aliphatic heterocycles. The van der Waals surface area contributed by atoms with E-state index >= 15 is 0 Å². The molecule has 0 aliphatic rings. The minimum absolute atomic E-state index is 0.0445. The molecule has 31 heavy (non-hydrogen) atoms. The van der Waals surface area contributed by atoms with Gasteiger partial charge in [0.15, 0.2) is 0 Å². The van der Waals surface area contributed by atoms with E-state index < -0.39 is 23.3 Å². The molecule has 9 heteroatoms. The van der Waals surface area contributed by atoms with Crippen LogP contribution in [0.15, 0.2) is 65.7 Å². The zero-order valence-electron chi connectivity index (χ0n) is 16.9.